The molecule has 0 saturated heterocycles. The molecule has 0 amide bonds. The Morgan fingerprint density at radius 3 is 1.98 bits per heavy atom. The Hall–Kier alpha value is -3.33. The van der Waals surface area contributed by atoms with Crippen molar-refractivity contribution in [1.82, 2.24) is 0 Å². The molecule has 42 heavy (non-hydrogen) atoms. The number of unbranched alkanes of at least 4 members (excludes halogenated alkanes) is 8. The average Bonchev–Trinajstić information content (AvgIpc) is 3.03. The maximum absolute atomic E-state index is 12.7. The monoisotopic (exact) mass is 564 g/mol. The molecule has 0 aromatic heterocycles. The lowest BCUT2D eigenvalue weighted by atomic mass is 9.81. The van der Waals surface area contributed by atoms with E-state index in [9.17, 15) is 4.79 Å². The van der Waals surface area contributed by atoms with Gasteiger partial charge in [-0.2, -0.15) is 0 Å². The van der Waals surface area contributed by atoms with Crippen LogP contribution in [0.4, 0.5) is 0 Å². The van der Waals surface area contributed by atoms with E-state index in [4.69, 9.17) is 9.47 Å². The highest BCUT2D eigenvalue weighted by Gasteiger charge is 2.29. The van der Waals surface area contributed by atoms with Gasteiger partial charge in [0.25, 0.3) is 0 Å². The van der Waals surface area contributed by atoms with E-state index in [-0.39, 0.29) is 18.0 Å². The van der Waals surface area contributed by atoms with Gasteiger partial charge in [-0.25, -0.2) is 0 Å². The number of carbonyl (C=O) groups is 1. The van der Waals surface area contributed by atoms with E-state index >= 15 is 0 Å². The van der Waals surface area contributed by atoms with E-state index in [1.54, 1.807) is 0 Å². The Labute approximate surface area is 252 Å². The van der Waals surface area contributed by atoms with E-state index in [1.807, 2.05) is 0 Å². The van der Waals surface area contributed by atoms with Gasteiger partial charge in [0.05, 0.1) is 0 Å². The smallest absolute Gasteiger partial charge is 0.306 e. The molecule has 5 rings (SSSR count). The molecule has 4 aromatic carbocycles. The van der Waals surface area contributed by atoms with Gasteiger partial charge in [0.2, 0.25) is 0 Å². The van der Waals surface area contributed by atoms with Crippen molar-refractivity contribution in [2.75, 3.05) is 0 Å². The molecule has 222 valence electrons. The second kappa shape index (κ2) is 15.8. The standard InChI is InChI=1S/C39H48O3/c1-2-3-4-5-6-7-8-9-10-23-39(40)42-38-22-16-15-21-36(38)30-24-26-33(27-25-30)41-29-37-34-19-13-11-17-31(34)28-32-18-12-14-20-35(32)37/h11-14,17-20,24-28,36,38H,2-10,15-16,21-23,29H2,1H3/t36-,38+/m0/s1. The molecular formula is C39H48O3. The lowest BCUT2D eigenvalue weighted by Gasteiger charge is -2.31. The number of ether oxygens (including phenoxy) is 2. The van der Waals surface area contributed by atoms with Crippen molar-refractivity contribution in [3.05, 3.63) is 90.0 Å². The van der Waals surface area contributed by atoms with Gasteiger partial charge in [0, 0.05) is 17.9 Å². The molecule has 0 heterocycles. The summed E-state index contributed by atoms with van der Waals surface area (Å²) in [6.07, 6.45) is 16.2. The minimum Gasteiger partial charge on any atom is -0.489 e. The predicted molar refractivity (Wildman–Crippen MR) is 175 cm³/mol. The Morgan fingerprint density at radius 2 is 1.31 bits per heavy atom. The molecule has 1 aliphatic rings. The fraction of sp³-hybridized carbons (Fsp3) is 0.462. The van der Waals surface area contributed by atoms with Gasteiger partial charge in [-0.3, -0.25) is 4.79 Å². The maximum atomic E-state index is 12.7. The Bertz CT molecular complexity index is 1350. The maximum Gasteiger partial charge on any atom is 0.306 e. The van der Waals surface area contributed by atoms with Crippen LogP contribution in [0.3, 0.4) is 0 Å². The number of benzene rings is 4. The van der Waals surface area contributed by atoms with E-state index in [0.717, 1.165) is 37.9 Å². The highest BCUT2D eigenvalue weighted by molar-refractivity contribution is 6.02. The summed E-state index contributed by atoms with van der Waals surface area (Å²) in [7, 11) is 0. The number of esters is 1. The first-order chi connectivity index (χ1) is 20.7. The summed E-state index contributed by atoms with van der Waals surface area (Å²) in [6, 6.07) is 27.9. The van der Waals surface area contributed by atoms with Crippen LogP contribution < -0.4 is 4.74 Å². The zero-order valence-corrected chi connectivity index (χ0v) is 25.5. The van der Waals surface area contributed by atoms with Crippen molar-refractivity contribution in [1.29, 1.82) is 0 Å². The minimum absolute atomic E-state index is 0.0152. The van der Waals surface area contributed by atoms with Gasteiger partial charge in [-0.1, -0.05) is 125 Å². The summed E-state index contributed by atoms with van der Waals surface area (Å²) < 4.78 is 12.4. The molecule has 0 N–H and O–H groups in total. The highest BCUT2D eigenvalue weighted by atomic mass is 16.5. The van der Waals surface area contributed by atoms with Crippen molar-refractivity contribution in [2.45, 2.75) is 115 Å². The van der Waals surface area contributed by atoms with Crippen LogP contribution in [0.1, 0.15) is 114 Å². The highest BCUT2D eigenvalue weighted by Crippen LogP contribution is 2.36. The predicted octanol–water partition coefficient (Wildman–Crippen LogP) is 11.1. The third-order valence-electron chi connectivity index (χ3n) is 9.04. The summed E-state index contributed by atoms with van der Waals surface area (Å²) >= 11 is 0. The van der Waals surface area contributed by atoms with Crippen LogP contribution in [0.25, 0.3) is 21.5 Å². The van der Waals surface area contributed by atoms with Crippen LogP contribution in [0.5, 0.6) is 5.75 Å². The van der Waals surface area contributed by atoms with Gasteiger partial charge >= 0.3 is 5.97 Å². The molecule has 3 nitrogen and oxygen atoms in total. The van der Waals surface area contributed by atoms with E-state index in [2.05, 4.69) is 85.8 Å². The first-order valence-electron chi connectivity index (χ1n) is 16.5. The fourth-order valence-electron chi connectivity index (χ4n) is 6.66. The Kier molecular flexibility index (Phi) is 11.3. The van der Waals surface area contributed by atoms with Crippen molar-refractivity contribution < 1.29 is 14.3 Å². The van der Waals surface area contributed by atoms with Gasteiger partial charge in [0.1, 0.15) is 18.5 Å². The van der Waals surface area contributed by atoms with Gasteiger partial charge < -0.3 is 9.47 Å². The number of rotatable bonds is 15. The summed E-state index contributed by atoms with van der Waals surface area (Å²) in [5.41, 5.74) is 2.47. The molecule has 1 aliphatic carbocycles. The van der Waals surface area contributed by atoms with Crippen molar-refractivity contribution >= 4 is 27.5 Å². The molecule has 0 bridgehead atoms. The summed E-state index contributed by atoms with van der Waals surface area (Å²) in [5, 5.41) is 4.95. The minimum atomic E-state index is -0.0166. The second-order valence-electron chi connectivity index (χ2n) is 12.2. The number of hydrogen-bond acceptors (Lipinski definition) is 3. The zero-order chi connectivity index (χ0) is 29.0. The molecule has 0 radical (unpaired) electrons. The van der Waals surface area contributed by atoms with Crippen LogP contribution in [0.2, 0.25) is 0 Å². The molecule has 1 fully saturated rings. The molecule has 4 aromatic rings. The first-order valence-corrected chi connectivity index (χ1v) is 16.5. The van der Waals surface area contributed by atoms with Crippen LogP contribution in [0, 0.1) is 0 Å². The lowest BCUT2D eigenvalue weighted by molar-refractivity contribution is -0.151. The molecule has 3 heteroatoms. The topological polar surface area (TPSA) is 35.5 Å². The van der Waals surface area contributed by atoms with Crippen molar-refractivity contribution in [2.24, 2.45) is 0 Å². The third-order valence-corrected chi connectivity index (χ3v) is 9.04. The molecule has 1 saturated carbocycles. The Balaban J connectivity index is 1.13. The number of fused-ring (bicyclic) bond motifs is 2. The molecule has 0 spiro atoms. The van der Waals surface area contributed by atoms with Gasteiger partial charge in [-0.05, 0) is 71.0 Å². The van der Waals surface area contributed by atoms with Crippen molar-refractivity contribution in [3.63, 3.8) is 0 Å². The van der Waals surface area contributed by atoms with Crippen LogP contribution in [-0.4, -0.2) is 12.1 Å². The van der Waals surface area contributed by atoms with Gasteiger partial charge in [0.15, 0.2) is 0 Å². The Morgan fingerprint density at radius 1 is 0.714 bits per heavy atom. The quantitative estimate of drug-likeness (QED) is 0.0818. The van der Waals surface area contributed by atoms with Crippen LogP contribution in [0.15, 0.2) is 78.9 Å². The normalized spacial score (nSPS) is 17.0. The van der Waals surface area contributed by atoms with Crippen LogP contribution >= 0.6 is 0 Å². The van der Waals surface area contributed by atoms with E-state index in [1.165, 1.54) is 84.0 Å². The van der Waals surface area contributed by atoms with Gasteiger partial charge in [-0.15, -0.1) is 0 Å². The SMILES string of the molecule is CCCCCCCCCCCC(=O)O[C@@H]1CCCC[C@H]1c1ccc(OCc2c3ccccc3cc3ccccc23)cc1. The number of carbonyl (C=O) groups excluding carboxylic acids is 1. The van der Waals surface area contributed by atoms with Crippen molar-refractivity contribution in [3.8, 4) is 5.75 Å². The fourth-order valence-corrected chi connectivity index (χ4v) is 6.66. The number of hydrogen-bond donors (Lipinski definition) is 0. The zero-order valence-electron chi connectivity index (χ0n) is 25.5. The largest absolute Gasteiger partial charge is 0.489 e. The molecule has 2 atom stereocenters. The molecular weight excluding hydrogens is 516 g/mol. The summed E-state index contributed by atoms with van der Waals surface area (Å²) in [4.78, 5) is 12.7. The summed E-state index contributed by atoms with van der Waals surface area (Å²) in [5.74, 6) is 1.12. The van der Waals surface area contributed by atoms with Crippen LogP contribution in [-0.2, 0) is 16.1 Å². The van der Waals surface area contributed by atoms with E-state index < -0.39 is 0 Å². The summed E-state index contributed by atoms with van der Waals surface area (Å²) in [6.45, 7) is 2.78. The lowest BCUT2D eigenvalue weighted by Crippen LogP contribution is -2.28. The second-order valence-corrected chi connectivity index (χ2v) is 12.2. The van der Waals surface area contributed by atoms with E-state index in [0.29, 0.717) is 13.0 Å². The average molecular weight is 565 g/mol. The molecule has 0 unspecified atom stereocenters. The third kappa shape index (κ3) is 8.15. The molecule has 0 aliphatic heterocycles. The first kappa shape index (κ1) is 30.1.